The summed E-state index contributed by atoms with van der Waals surface area (Å²) in [6.45, 7) is 0. The average Bonchev–Trinajstić information content (AvgIpc) is 3.14. The van der Waals surface area contributed by atoms with Crippen molar-refractivity contribution in [3.63, 3.8) is 0 Å². The Hall–Kier alpha value is -4.53. The van der Waals surface area contributed by atoms with Gasteiger partial charge in [0.2, 0.25) is 0 Å². The molecule has 0 atom stereocenters. The molecule has 0 saturated heterocycles. The van der Waals surface area contributed by atoms with Crippen molar-refractivity contribution < 1.29 is 0 Å². The molecule has 0 saturated carbocycles. The standard InChI is InChI=1S/C42H28NS2Si2/c1-2-14-30(15-3-1)46-37-22-10-13-25-41(37)47(39-23-11-8-20-35(39)45-36-21-9-12-24-40(36)47)42-28-29(26-27-38(42)46)43-31-16-4-6-18-33(31)44-34-19-7-5-17-32(34)43/h1-28H. The van der Waals surface area contributed by atoms with Gasteiger partial charge in [0.15, 0.2) is 16.9 Å². The Morgan fingerprint density at radius 1 is 0.404 bits per heavy atom. The zero-order chi connectivity index (χ0) is 31.0. The molecular formula is C42H28NS2Si2. The maximum absolute atomic E-state index is 2.73. The Morgan fingerprint density at radius 3 is 1.55 bits per heavy atom. The normalized spacial score (nSPS) is 15.1. The van der Waals surface area contributed by atoms with Gasteiger partial charge >= 0.3 is 0 Å². The van der Waals surface area contributed by atoms with Crippen molar-refractivity contribution in [1.29, 1.82) is 0 Å². The monoisotopic (exact) mass is 666 g/mol. The van der Waals surface area contributed by atoms with Crippen molar-refractivity contribution in [3.05, 3.63) is 170 Å². The van der Waals surface area contributed by atoms with Gasteiger partial charge in [-0.05, 0) is 69.3 Å². The van der Waals surface area contributed by atoms with Crippen LogP contribution in [0.25, 0.3) is 0 Å². The van der Waals surface area contributed by atoms with Crippen LogP contribution in [-0.4, -0.2) is 16.9 Å². The summed E-state index contributed by atoms with van der Waals surface area (Å²) < 4.78 is 0. The summed E-state index contributed by atoms with van der Waals surface area (Å²) in [7, 11) is -4.01. The molecule has 47 heavy (non-hydrogen) atoms. The van der Waals surface area contributed by atoms with E-state index < -0.39 is 16.9 Å². The summed E-state index contributed by atoms with van der Waals surface area (Å²) in [6.07, 6.45) is 0. The van der Waals surface area contributed by atoms with Gasteiger partial charge in [-0.3, -0.25) is 0 Å². The fourth-order valence-corrected chi connectivity index (χ4v) is 20.7. The van der Waals surface area contributed by atoms with Gasteiger partial charge < -0.3 is 4.90 Å². The topological polar surface area (TPSA) is 3.24 Å². The SMILES string of the molecule is c1ccc([Si]2c3ccccc3[Si]3(c4ccccc4Sc4ccccc43)c3cc(N4c5ccccc5Sc5ccccc54)ccc32)cc1. The molecule has 0 amide bonds. The van der Waals surface area contributed by atoms with Gasteiger partial charge in [0.1, 0.15) is 0 Å². The predicted octanol–water partition coefficient (Wildman–Crippen LogP) is 6.29. The summed E-state index contributed by atoms with van der Waals surface area (Å²) in [5.74, 6) is 0. The average molecular weight is 667 g/mol. The molecule has 221 valence electrons. The van der Waals surface area contributed by atoms with Crippen molar-refractivity contribution in [2.75, 3.05) is 4.90 Å². The largest absolute Gasteiger partial charge is 0.308 e. The second kappa shape index (κ2) is 10.8. The number of nitrogens with zero attached hydrogens (tertiary/aromatic N) is 1. The molecule has 7 aromatic rings. The highest BCUT2D eigenvalue weighted by atomic mass is 32.2. The molecule has 7 aromatic carbocycles. The summed E-state index contributed by atoms with van der Waals surface area (Å²) in [6, 6.07) is 64.6. The minimum Gasteiger partial charge on any atom is -0.308 e. The van der Waals surface area contributed by atoms with Crippen molar-refractivity contribution in [2.24, 2.45) is 0 Å². The number of hydrogen-bond donors (Lipinski definition) is 0. The van der Waals surface area contributed by atoms with Crippen molar-refractivity contribution in [1.82, 2.24) is 0 Å². The summed E-state index contributed by atoms with van der Waals surface area (Å²) in [4.78, 5) is 7.88. The lowest BCUT2D eigenvalue weighted by Gasteiger charge is -2.46. The van der Waals surface area contributed by atoms with Crippen LogP contribution in [0.3, 0.4) is 0 Å². The van der Waals surface area contributed by atoms with E-state index >= 15 is 0 Å². The minimum absolute atomic E-state index is 1.23. The predicted molar refractivity (Wildman–Crippen MR) is 204 cm³/mol. The smallest absolute Gasteiger partial charge is 0.181 e. The highest BCUT2D eigenvalue weighted by Crippen LogP contribution is 2.51. The Balaban J connectivity index is 1.34. The van der Waals surface area contributed by atoms with Crippen LogP contribution in [0.15, 0.2) is 189 Å². The van der Waals surface area contributed by atoms with Gasteiger partial charge in [-0.25, -0.2) is 0 Å². The minimum atomic E-state index is -2.73. The first kappa shape index (κ1) is 27.6. The molecule has 3 aliphatic rings. The van der Waals surface area contributed by atoms with E-state index in [0.717, 1.165) is 0 Å². The maximum Gasteiger partial charge on any atom is 0.181 e. The lowest BCUT2D eigenvalue weighted by molar-refractivity contribution is 1.17. The molecule has 3 aliphatic heterocycles. The molecular weight excluding hydrogens is 639 g/mol. The fourth-order valence-electron chi connectivity index (χ4n) is 7.99. The van der Waals surface area contributed by atoms with Crippen molar-refractivity contribution in [3.8, 4) is 0 Å². The van der Waals surface area contributed by atoms with E-state index in [9.17, 15) is 0 Å². The van der Waals surface area contributed by atoms with Crippen LogP contribution >= 0.6 is 23.5 Å². The molecule has 1 spiro atoms. The van der Waals surface area contributed by atoms with Gasteiger partial charge in [-0.15, -0.1) is 0 Å². The Kier molecular flexibility index (Phi) is 6.31. The first-order chi connectivity index (χ1) is 23.3. The van der Waals surface area contributed by atoms with E-state index in [1.165, 1.54) is 62.6 Å². The van der Waals surface area contributed by atoms with Crippen LogP contribution in [0.2, 0.25) is 0 Å². The fraction of sp³-hybridized carbons (Fsp3) is 0. The van der Waals surface area contributed by atoms with Gasteiger partial charge in [0, 0.05) is 25.3 Å². The van der Waals surface area contributed by atoms with Crippen molar-refractivity contribution >= 4 is 93.8 Å². The Bertz CT molecular complexity index is 2260. The van der Waals surface area contributed by atoms with Gasteiger partial charge in [0.25, 0.3) is 0 Å². The highest BCUT2D eigenvalue weighted by molar-refractivity contribution is 8.00. The second-order valence-corrected chi connectivity index (χ2v) is 20.5. The van der Waals surface area contributed by atoms with Crippen LogP contribution in [0.4, 0.5) is 17.1 Å². The van der Waals surface area contributed by atoms with Crippen molar-refractivity contribution in [2.45, 2.75) is 19.6 Å². The molecule has 3 heterocycles. The van der Waals surface area contributed by atoms with E-state index in [4.69, 9.17) is 0 Å². The van der Waals surface area contributed by atoms with E-state index in [-0.39, 0.29) is 0 Å². The molecule has 0 N–H and O–H groups in total. The van der Waals surface area contributed by atoms with Crippen LogP contribution in [0, 0.1) is 0 Å². The lowest BCUT2D eigenvalue weighted by Crippen LogP contribution is -2.87. The zero-order valence-electron chi connectivity index (χ0n) is 25.4. The van der Waals surface area contributed by atoms with Crippen LogP contribution in [-0.2, 0) is 0 Å². The number of rotatable bonds is 2. The maximum atomic E-state index is 2.61. The molecule has 0 bridgehead atoms. The Morgan fingerprint density at radius 2 is 0.894 bits per heavy atom. The first-order valence-electron chi connectivity index (χ1n) is 16.0. The summed E-state index contributed by atoms with van der Waals surface area (Å²) in [5.41, 5.74) is 3.73. The van der Waals surface area contributed by atoms with Gasteiger partial charge in [-0.2, -0.15) is 0 Å². The first-order valence-corrected chi connectivity index (χ1v) is 21.2. The van der Waals surface area contributed by atoms with E-state index in [1.54, 1.807) is 10.4 Å². The molecule has 0 aliphatic carbocycles. The number of anilines is 3. The number of benzene rings is 7. The second-order valence-electron chi connectivity index (χ2n) is 12.2. The Labute approximate surface area is 286 Å². The molecule has 0 fully saturated rings. The molecule has 1 radical (unpaired) electrons. The highest BCUT2D eigenvalue weighted by Gasteiger charge is 2.53. The third-order valence-electron chi connectivity index (χ3n) is 9.83. The molecule has 0 aromatic heterocycles. The van der Waals surface area contributed by atoms with E-state index in [0.29, 0.717) is 0 Å². The lowest BCUT2D eigenvalue weighted by atomic mass is 10.2. The molecule has 0 unspecified atom stereocenters. The number of fused-ring (bicyclic) bond motifs is 10. The summed E-state index contributed by atoms with van der Waals surface area (Å²) in [5, 5.41) is 10.6. The number of para-hydroxylation sites is 2. The van der Waals surface area contributed by atoms with E-state index in [2.05, 4.69) is 175 Å². The summed E-state index contributed by atoms with van der Waals surface area (Å²) >= 11 is 3.81. The van der Waals surface area contributed by atoms with Crippen LogP contribution < -0.4 is 41.2 Å². The molecule has 5 heteroatoms. The quantitative estimate of drug-likeness (QED) is 0.200. The van der Waals surface area contributed by atoms with Gasteiger partial charge in [0.05, 0.1) is 11.4 Å². The zero-order valence-corrected chi connectivity index (χ0v) is 29.1. The number of hydrogen-bond acceptors (Lipinski definition) is 3. The third kappa shape index (κ3) is 3.98. The van der Waals surface area contributed by atoms with Gasteiger partial charge in [-0.1, -0.05) is 160 Å². The van der Waals surface area contributed by atoms with Crippen LogP contribution in [0.5, 0.6) is 0 Å². The molecule has 10 rings (SSSR count). The third-order valence-corrected chi connectivity index (χ3v) is 20.8. The molecule has 1 nitrogen and oxygen atoms in total. The van der Waals surface area contributed by atoms with Crippen LogP contribution in [0.1, 0.15) is 0 Å². The van der Waals surface area contributed by atoms with E-state index in [1.807, 2.05) is 23.5 Å².